The highest BCUT2D eigenvalue weighted by atomic mass is 16.5. The van der Waals surface area contributed by atoms with Crippen molar-refractivity contribution in [1.82, 2.24) is 25.4 Å². The van der Waals surface area contributed by atoms with E-state index in [1.807, 2.05) is 0 Å². The fraction of sp³-hybridized carbons (Fsp3) is 0.583. The van der Waals surface area contributed by atoms with Gasteiger partial charge in [-0.15, -0.1) is 0 Å². The average Bonchev–Trinajstić information content (AvgIpc) is 3.08. The summed E-state index contributed by atoms with van der Waals surface area (Å²) in [7, 11) is 0. The Kier molecular flexibility index (Phi) is 3.36. The Labute approximate surface area is 105 Å². The van der Waals surface area contributed by atoms with Gasteiger partial charge in [-0.05, 0) is 38.3 Å². The second-order valence-corrected chi connectivity index (χ2v) is 4.68. The summed E-state index contributed by atoms with van der Waals surface area (Å²) in [5, 5.41) is 7.30. The molecule has 1 saturated heterocycles. The second-order valence-electron chi connectivity index (χ2n) is 4.68. The van der Waals surface area contributed by atoms with Crippen molar-refractivity contribution in [2.45, 2.75) is 25.7 Å². The van der Waals surface area contributed by atoms with E-state index in [1.165, 1.54) is 12.8 Å². The van der Waals surface area contributed by atoms with Gasteiger partial charge in [-0.3, -0.25) is 0 Å². The molecule has 0 radical (unpaired) electrons. The van der Waals surface area contributed by atoms with Crippen molar-refractivity contribution in [1.29, 1.82) is 0 Å². The summed E-state index contributed by atoms with van der Waals surface area (Å²) in [6.07, 6.45) is 7.92. The Hall–Kier alpha value is -1.69. The first-order chi connectivity index (χ1) is 8.92. The SMILES string of the molecule is c1c[nH]c(-c2noc(CCC3CCNCC3)n2)n1. The highest BCUT2D eigenvalue weighted by molar-refractivity contribution is 5.40. The summed E-state index contributed by atoms with van der Waals surface area (Å²) in [5.41, 5.74) is 0. The standard InChI is InChI=1S/C12H17N5O/c1(9-3-5-13-6-4-9)2-10-16-12(17-18-10)11-14-7-8-15-11/h7-9,13H,1-6H2,(H,14,15). The second kappa shape index (κ2) is 5.30. The van der Waals surface area contributed by atoms with Crippen LogP contribution in [0, 0.1) is 5.92 Å². The van der Waals surface area contributed by atoms with Gasteiger partial charge in [0.05, 0.1) is 0 Å². The van der Waals surface area contributed by atoms with Crippen LogP contribution in [0.15, 0.2) is 16.9 Å². The molecular weight excluding hydrogens is 230 g/mol. The van der Waals surface area contributed by atoms with E-state index in [-0.39, 0.29) is 0 Å². The lowest BCUT2D eigenvalue weighted by Gasteiger charge is -2.21. The summed E-state index contributed by atoms with van der Waals surface area (Å²) in [6, 6.07) is 0. The van der Waals surface area contributed by atoms with Crippen LogP contribution in [-0.4, -0.2) is 33.2 Å². The molecule has 6 nitrogen and oxygen atoms in total. The van der Waals surface area contributed by atoms with E-state index in [1.54, 1.807) is 12.4 Å². The molecule has 96 valence electrons. The minimum atomic E-state index is 0.542. The molecule has 6 heteroatoms. The predicted molar refractivity (Wildman–Crippen MR) is 65.8 cm³/mol. The number of imidazole rings is 1. The molecule has 0 unspecified atom stereocenters. The summed E-state index contributed by atoms with van der Waals surface area (Å²) >= 11 is 0. The molecular formula is C12H17N5O. The quantitative estimate of drug-likeness (QED) is 0.853. The third kappa shape index (κ3) is 2.59. The number of nitrogens with zero attached hydrogens (tertiary/aromatic N) is 3. The normalized spacial score (nSPS) is 17.1. The van der Waals surface area contributed by atoms with Crippen LogP contribution >= 0.6 is 0 Å². The fourth-order valence-corrected chi connectivity index (χ4v) is 2.34. The minimum absolute atomic E-state index is 0.542. The van der Waals surface area contributed by atoms with Crippen molar-refractivity contribution < 1.29 is 4.52 Å². The molecule has 3 rings (SSSR count). The van der Waals surface area contributed by atoms with Crippen molar-refractivity contribution in [3.05, 3.63) is 18.3 Å². The van der Waals surface area contributed by atoms with Crippen molar-refractivity contribution in [3.8, 4) is 11.6 Å². The zero-order valence-electron chi connectivity index (χ0n) is 10.2. The van der Waals surface area contributed by atoms with Crippen LogP contribution in [-0.2, 0) is 6.42 Å². The monoisotopic (exact) mass is 247 g/mol. The Morgan fingerprint density at radius 1 is 1.33 bits per heavy atom. The van der Waals surface area contributed by atoms with E-state index in [4.69, 9.17) is 4.52 Å². The van der Waals surface area contributed by atoms with E-state index >= 15 is 0 Å². The fourth-order valence-electron chi connectivity index (χ4n) is 2.34. The van der Waals surface area contributed by atoms with E-state index in [0.29, 0.717) is 17.5 Å². The average molecular weight is 247 g/mol. The number of rotatable bonds is 4. The van der Waals surface area contributed by atoms with Gasteiger partial charge in [-0.25, -0.2) is 4.98 Å². The van der Waals surface area contributed by atoms with Gasteiger partial charge in [0.1, 0.15) is 0 Å². The van der Waals surface area contributed by atoms with Gasteiger partial charge >= 0.3 is 0 Å². The number of piperidine rings is 1. The molecule has 2 aromatic rings. The molecule has 18 heavy (non-hydrogen) atoms. The first-order valence-corrected chi connectivity index (χ1v) is 6.45. The van der Waals surface area contributed by atoms with Gasteiger partial charge in [0.15, 0.2) is 5.82 Å². The van der Waals surface area contributed by atoms with E-state index in [2.05, 4.69) is 25.4 Å². The maximum absolute atomic E-state index is 5.24. The van der Waals surface area contributed by atoms with Crippen molar-refractivity contribution in [2.24, 2.45) is 5.92 Å². The molecule has 3 heterocycles. The maximum Gasteiger partial charge on any atom is 0.238 e. The van der Waals surface area contributed by atoms with Crippen LogP contribution in [0.4, 0.5) is 0 Å². The van der Waals surface area contributed by atoms with Gasteiger partial charge in [-0.2, -0.15) is 4.98 Å². The lowest BCUT2D eigenvalue weighted by atomic mass is 9.93. The topological polar surface area (TPSA) is 79.6 Å². The zero-order chi connectivity index (χ0) is 12.2. The zero-order valence-corrected chi connectivity index (χ0v) is 10.2. The predicted octanol–water partition coefficient (Wildman–Crippen LogP) is 1.39. The molecule has 0 amide bonds. The van der Waals surface area contributed by atoms with Crippen LogP contribution in [0.2, 0.25) is 0 Å². The Morgan fingerprint density at radius 3 is 3.00 bits per heavy atom. The summed E-state index contributed by atoms with van der Waals surface area (Å²) in [5.74, 6) is 2.69. The number of nitrogens with one attached hydrogen (secondary N) is 2. The lowest BCUT2D eigenvalue weighted by Crippen LogP contribution is -2.27. The Morgan fingerprint density at radius 2 is 2.22 bits per heavy atom. The Balaban J connectivity index is 1.57. The Bertz CT molecular complexity index is 472. The number of aryl methyl sites for hydroxylation is 1. The molecule has 0 saturated carbocycles. The highest BCUT2D eigenvalue weighted by Gasteiger charge is 2.15. The number of H-pyrrole nitrogens is 1. The number of aromatic amines is 1. The first kappa shape index (κ1) is 11.4. The van der Waals surface area contributed by atoms with Gasteiger partial charge in [0.25, 0.3) is 0 Å². The molecule has 0 atom stereocenters. The van der Waals surface area contributed by atoms with Gasteiger partial charge < -0.3 is 14.8 Å². The maximum atomic E-state index is 5.24. The van der Waals surface area contributed by atoms with Crippen molar-refractivity contribution >= 4 is 0 Å². The number of hydrogen-bond donors (Lipinski definition) is 2. The van der Waals surface area contributed by atoms with Crippen LogP contribution in [0.1, 0.15) is 25.2 Å². The summed E-state index contributed by atoms with van der Waals surface area (Å²) in [4.78, 5) is 11.4. The third-order valence-electron chi connectivity index (χ3n) is 3.40. The van der Waals surface area contributed by atoms with E-state index in [9.17, 15) is 0 Å². The van der Waals surface area contributed by atoms with Crippen LogP contribution in [0.25, 0.3) is 11.6 Å². The molecule has 1 aliphatic rings. The number of aromatic nitrogens is 4. The van der Waals surface area contributed by atoms with Crippen LogP contribution in [0.3, 0.4) is 0 Å². The minimum Gasteiger partial charge on any atom is -0.342 e. The summed E-state index contributed by atoms with van der Waals surface area (Å²) < 4.78 is 5.24. The van der Waals surface area contributed by atoms with Gasteiger partial charge in [0.2, 0.25) is 11.7 Å². The molecule has 0 aliphatic carbocycles. The first-order valence-electron chi connectivity index (χ1n) is 6.45. The molecule has 0 bridgehead atoms. The molecule has 2 aromatic heterocycles. The number of hydrogen-bond acceptors (Lipinski definition) is 5. The third-order valence-corrected chi connectivity index (χ3v) is 3.40. The lowest BCUT2D eigenvalue weighted by molar-refractivity contribution is 0.324. The largest absolute Gasteiger partial charge is 0.342 e. The van der Waals surface area contributed by atoms with Crippen LogP contribution < -0.4 is 5.32 Å². The van der Waals surface area contributed by atoms with E-state index < -0.39 is 0 Å². The van der Waals surface area contributed by atoms with Crippen molar-refractivity contribution in [2.75, 3.05) is 13.1 Å². The molecule has 0 aromatic carbocycles. The van der Waals surface area contributed by atoms with Crippen molar-refractivity contribution in [3.63, 3.8) is 0 Å². The molecule has 1 fully saturated rings. The molecule has 2 N–H and O–H groups in total. The molecule has 1 aliphatic heterocycles. The smallest absolute Gasteiger partial charge is 0.238 e. The van der Waals surface area contributed by atoms with E-state index in [0.717, 1.165) is 31.8 Å². The van der Waals surface area contributed by atoms with Gasteiger partial charge in [-0.1, -0.05) is 5.16 Å². The van der Waals surface area contributed by atoms with Gasteiger partial charge in [0, 0.05) is 18.8 Å². The summed E-state index contributed by atoms with van der Waals surface area (Å²) in [6.45, 7) is 2.26. The highest BCUT2D eigenvalue weighted by Crippen LogP contribution is 2.19. The van der Waals surface area contributed by atoms with Crippen LogP contribution in [0.5, 0.6) is 0 Å². The molecule has 0 spiro atoms.